The van der Waals surface area contributed by atoms with Gasteiger partial charge in [0.25, 0.3) is 0 Å². The zero-order chi connectivity index (χ0) is 16.8. The van der Waals surface area contributed by atoms with E-state index in [0.717, 1.165) is 12.8 Å². The Morgan fingerprint density at radius 1 is 1.25 bits per heavy atom. The second kappa shape index (κ2) is 5.55. The van der Waals surface area contributed by atoms with E-state index in [1.165, 1.54) is 6.33 Å². The minimum atomic E-state index is -4.63. The maximum absolute atomic E-state index is 13.1. The predicted octanol–water partition coefficient (Wildman–Crippen LogP) is 1.76. The van der Waals surface area contributed by atoms with Gasteiger partial charge in [0.05, 0.1) is 26.1 Å². The normalized spacial score (nSPS) is 25.5. The number of alkyl halides is 3. The minimum absolute atomic E-state index is 0.00719. The number of aromatic amines is 1. The Morgan fingerprint density at radius 2 is 2.12 bits per heavy atom. The van der Waals surface area contributed by atoms with Gasteiger partial charge in [-0.05, 0) is 12.8 Å². The molecule has 24 heavy (non-hydrogen) atoms. The number of morpholine rings is 1. The van der Waals surface area contributed by atoms with Gasteiger partial charge in [0.2, 0.25) is 5.82 Å². The van der Waals surface area contributed by atoms with Gasteiger partial charge in [-0.3, -0.25) is 0 Å². The molecule has 1 N–H and O–H groups in total. The second-order valence-corrected chi connectivity index (χ2v) is 6.08. The molecule has 2 fully saturated rings. The summed E-state index contributed by atoms with van der Waals surface area (Å²) < 4.78 is 50.7. The van der Waals surface area contributed by atoms with Gasteiger partial charge in [-0.2, -0.15) is 13.2 Å². The molecular formula is C14H16F3N5O2. The van der Waals surface area contributed by atoms with E-state index in [9.17, 15) is 13.2 Å². The number of nitrogens with zero attached hydrogens (tertiary/aromatic N) is 4. The Kier molecular flexibility index (Phi) is 3.61. The molecule has 2 aromatic rings. The number of halogens is 3. The molecule has 2 aromatic heterocycles. The molecule has 1 spiro atoms. The van der Waals surface area contributed by atoms with Crippen molar-refractivity contribution in [3.63, 3.8) is 0 Å². The molecule has 1 unspecified atom stereocenters. The van der Waals surface area contributed by atoms with E-state index < -0.39 is 17.6 Å². The van der Waals surface area contributed by atoms with Crippen LogP contribution in [0.1, 0.15) is 18.7 Å². The highest BCUT2D eigenvalue weighted by Crippen LogP contribution is 2.34. The summed E-state index contributed by atoms with van der Waals surface area (Å²) in [4.78, 5) is 15.8. The van der Waals surface area contributed by atoms with Gasteiger partial charge in [0.15, 0.2) is 11.5 Å². The molecule has 0 aromatic carbocycles. The average molecular weight is 343 g/mol. The summed E-state index contributed by atoms with van der Waals surface area (Å²) in [6.07, 6.45) is -1.62. The van der Waals surface area contributed by atoms with Crippen LogP contribution in [0, 0.1) is 0 Å². The number of nitrogens with one attached hydrogen (secondary N) is 1. The number of H-pyrrole nitrogens is 1. The Morgan fingerprint density at radius 3 is 2.88 bits per heavy atom. The van der Waals surface area contributed by atoms with Crippen LogP contribution in [0.3, 0.4) is 0 Å². The summed E-state index contributed by atoms with van der Waals surface area (Å²) in [6, 6.07) is 0. The van der Waals surface area contributed by atoms with Crippen LogP contribution in [0.5, 0.6) is 0 Å². The van der Waals surface area contributed by atoms with Crippen LogP contribution in [0.25, 0.3) is 11.2 Å². The van der Waals surface area contributed by atoms with E-state index >= 15 is 0 Å². The molecule has 0 amide bonds. The summed E-state index contributed by atoms with van der Waals surface area (Å²) in [5, 5.41) is 0. The first-order valence-electron chi connectivity index (χ1n) is 7.72. The lowest BCUT2D eigenvalue weighted by atomic mass is 9.94. The number of rotatable bonds is 1. The molecule has 10 heteroatoms. The number of imidazole rings is 1. The van der Waals surface area contributed by atoms with Crippen molar-refractivity contribution < 1.29 is 22.6 Å². The van der Waals surface area contributed by atoms with Crippen LogP contribution >= 0.6 is 0 Å². The zero-order valence-electron chi connectivity index (χ0n) is 12.8. The van der Waals surface area contributed by atoms with E-state index in [-0.39, 0.29) is 11.5 Å². The number of aromatic nitrogens is 4. The number of ether oxygens (including phenoxy) is 2. The van der Waals surface area contributed by atoms with E-state index in [2.05, 4.69) is 19.9 Å². The first-order valence-corrected chi connectivity index (χ1v) is 7.72. The molecule has 0 aliphatic carbocycles. The lowest BCUT2D eigenvalue weighted by molar-refractivity contribution is -0.144. The van der Waals surface area contributed by atoms with Gasteiger partial charge < -0.3 is 19.4 Å². The molecule has 1 atom stereocenters. The molecule has 2 aliphatic rings. The molecule has 2 aliphatic heterocycles. The lowest BCUT2D eigenvalue weighted by Crippen LogP contribution is -2.56. The van der Waals surface area contributed by atoms with Crippen molar-refractivity contribution in [3.8, 4) is 0 Å². The van der Waals surface area contributed by atoms with E-state index in [1.54, 1.807) is 4.90 Å². The molecule has 4 heterocycles. The number of anilines is 1. The highest BCUT2D eigenvalue weighted by atomic mass is 19.4. The van der Waals surface area contributed by atoms with Crippen LogP contribution < -0.4 is 4.90 Å². The molecule has 0 radical (unpaired) electrons. The molecule has 7 nitrogen and oxygen atoms in total. The smallest absolute Gasteiger partial charge is 0.378 e. The molecule has 0 bridgehead atoms. The Hall–Kier alpha value is -1.94. The SMILES string of the molecule is FC(F)(F)c1nc(N2CCOC3(CCCOC3)C2)c2[nH]cnc2n1. The van der Waals surface area contributed by atoms with Gasteiger partial charge in [0.1, 0.15) is 11.1 Å². The van der Waals surface area contributed by atoms with E-state index in [4.69, 9.17) is 9.47 Å². The topological polar surface area (TPSA) is 76.2 Å². The molecule has 2 saturated heterocycles. The lowest BCUT2D eigenvalue weighted by Gasteiger charge is -2.45. The van der Waals surface area contributed by atoms with Crippen molar-refractivity contribution in [2.75, 3.05) is 37.8 Å². The third-order valence-electron chi connectivity index (χ3n) is 4.35. The summed E-state index contributed by atoms with van der Waals surface area (Å²) >= 11 is 0. The maximum Gasteiger partial charge on any atom is 0.451 e. The average Bonchev–Trinajstić information content (AvgIpc) is 3.02. The Balaban J connectivity index is 1.73. The Labute approximate surface area is 135 Å². The maximum atomic E-state index is 13.1. The largest absolute Gasteiger partial charge is 0.451 e. The van der Waals surface area contributed by atoms with E-state index in [1.807, 2.05) is 0 Å². The highest BCUT2D eigenvalue weighted by molar-refractivity contribution is 5.83. The Bertz CT molecular complexity index is 736. The van der Waals surface area contributed by atoms with E-state index in [0.29, 0.717) is 38.4 Å². The second-order valence-electron chi connectivity index (χ2n) is 6.08. The van der Waals surface area contributed by atoms with Crippen LogP contribution in [0.15, 0.2) is 6.33 Å². The van der Waals surface area contributed by atoms with Crippen molar-refractivity contribution in [1.29, 1.82) is 0 Å². The van der Waals surface area contributed by atoms with Crippen LogP contribution in [-0.4, -0.2) is 58.4 Å². The number of fused-ring (bicyclic) bond motifs is 1. The summed E-state index contributed by atoms with van der Waals surface area (Å²) in [7, 11) is 0. The molecule has 130 valence electrons. The van der Waals surface area contributed by atoms with Crippen LogP contribution in [0.4, 0.5) is 19.0 Å². The zero-order valence-corrected chi connectivity index (χ0v) is 12.8. The van der Waals surface area contributed by atoms with Gasteiger partial charge in [0, 0.05) is 13.2 Å². The van der Waals surface area contributed by atoms with Gasteiger partial charge in [-0.1, -0.05) is 0 Å². The monoisotopic (exact) mass is 343 g/mol. The first kappa shape index (κ1) is 15.6. The van der Waals surface area contributed by atoms with Gasteiger partial charge in [-0.15, -0.1) is 0 Å². The summed E-state index contributed by atoms with van der Waals surface area (Å²) in [5.41, 5.74) is -0.0869. The molecule has 4 rings (SSSR count). The standard InChI is InChI=1S/C14H16F3N5O2/c15-14(16,17)12-20-10-9(18-8-19-10)11(21-12)22-3-5-24-13(6-22)2-1-4-23-7-13/h8H,1-7H2,(H,18,19,20,21). The highest BCUT2D eigenvalue weighted by Gasteiger charge is 2.41. The third-order valence-corrected chi connectivity index (χ3v) is 4.35. The van der Waals surface area contributed by atoms with Crippen molar-refractivity contribution >= 4 is 17.0 Å². The quantitative estimate of drug-likeness (QED) is 0.850. The number of hydrogen-bond acceptors (Lipinski definition) is 6. The van der Waals surface area contributed by atoms with Crippen molar-refractivity contribution in [2.45, 2.75) is 24.6 Å². The van der Waals surface area contributed by atoms with Crippen molar-refractivity contribution in [3.05, 3.63) is 12.2 Å². The van der Waals surface area contributed by atoms with Crippen molar-refractivity contribution in [1.82, 2.24) is 19.9 Å². The fraction of sp³-hybridized carbons (Fsp3) is 0.643. The van der Waals surface area contributed by atoms with Crippen molar-refractivity contribution in [2.24, 2.45) is 0 Å². The minimum Gasteiger partial charge on any atom is -0.378 e. The summed E-state index contributed by atoms with van der Waals surface area (Å²) in [5.74, 6) is -0.976. The molecule has 0 saturated carbocycles. The van der Waals surface area contributed by atoms with Crippen LogP contribution in [-0.2, 0) is 15.7 Å². The third kappa shape index (κ3) is 2.69. The molecular weight excluding hydrogens is 327 g/mol. The van der Waals surface area contributed by atoms with Gasteiger partial charge >= 0.3 is 6.18 Å². The number of hydrogen-bond donors (Lipinski definition) is 1. The predicted molar refractivity (Wildman–Crippen MR) is 77.6 cm³/mol. The fourth-order valence-corrected chi connectivity index (χ4v) is 3.26. The first-order chi connectivity index (χ1) is 11.5. The fourth-order valence-electron chi connectivity index (χ4n) is 3.26. The van der Waals surface area contributed by atoms with Gasteiger partial charge in [-0.25, -0.2) is 15.0 Å². The van der Waals surface area contributed by atoms with Crippen LogP contribution in [0.2, 0.25) is 0 Å². The summed E-state index contributed by atoms with van der Waals surface area (Å²) in [6.45, 7) is 2.40.